The molecule has 1 unspecified atom stereocenters. The molecule has 0 aliphatic carbocycles. The van der Waals surface area contributed by atoms with Gasteiger partial charge in [0.2, 0.25) is 17.9 Å². The first-order valence-corrected chi connectivity index (χ1v) is 11.7. The van der Waals surface area contributed by atoms with Crippen molar-refractivity contribution in [3.8, 4) is 5.88 Å². The van der Waals surface area contributed by atoms with Gasteiger partial charge in [0.25, 0.3) is 0 Å². The van der Waals surface area contributed by atoms with Gasteiger partial charge in [-0.15, -0.1) is 0 Å². The van der Waals surface area contributed by atoms with E-state index in [1.807, 2.05) is 17.0 Å². The van der Waals surface area contributed by atoms with Crippen LogP contribution in [0.4, 0.5) is 24.9 Å². The summed E-state index contributed by atoms with van der Waals surface area (Å²) in [6.07, 6.45) is -4.91. The first-order valence-electron chi connectivity index (χ1n) is 11.7. The molecule has 2 saturated heterocycles. The summed E-state index contributed by atoms with van der Waals surface area (Å²) in [5.74, 6) is -0.921. The van der Waals surface area contributed by atoms with Crippen molar-refractivity contribution in [2.24, 2.45) is 5.41 Å². The number of nitrogen functional groups attached to an aromatic ring is 1. The highest BCUT2D eigenvalue weighted by molar-refractivity contribution is 5.83. The zero-order chi connectivity index (χ0) is 25.5. The Kier molecular flexibility index (Phi) is 6.11. The van der Waals surface area contributed by atoms with Crippen LogP contribution in [0.25, 0.3) is 10.8 Å². The first kappa shape index (κ1) is 24.1. The second-order valence-corrected chi connectivity index (χ2v) is 9.53. The Balaban J connectivity index is 1.35. The maximum atomic E-state index is 14.0. The second-order valence-electron chi connectivity index (χ2n) is 9.53. The third-order valence-corrected chi connectivity index (χ3v) is 7.13. The van der Waals surface area contributed by atoms with E-state index in [1.165, 1.54) is 18.2 Å². The van der Waals surface area contributed by atoms with Gasteiger partial charge in [0, 0.05) is 31.3 Å². The highest BCUT2D eigenvalue weighted by Crippen LogP contribution is 2.41. The molecule has 8 nitrogen and oxygen atoms in total. The van der Waals surface area contributed by atoms with Crippen LogP contribution in [0, 0.1) is 5.41 Å². The number of ether oxygens (including phenoxy) is 1. The summed E-state index contributed by atoms with van der Waals surface area (Å²) in [6.45, 7) is 1.76. The fraction of sp³-hybridized carbons (Fsp3) is 0.400. The fourth-order valence-corrected chi connectivity index (χ4v) is 5.15. The van der Waals surface area contributed by atoms with Gasteiger partial charge in [-0.25, -0.2) is 0 Å². The second kappa shape index (κ2) is 9.12. The van der Waals surface area contributed by atoms with E-state index in [-0.39, 0.29) is 22.8 Å². The lowest BCUT2D eigenvalue weighted by Gasteiger charge is -2.39. The molecule has 3 aromatic rings. The molecule has 2 aliphatic rings. The highest BCUT2D eigenvalue weighted by atomic mass is 19.4. The van der Waals surface area contributed by atoms with E-state index in [9.17, 15) is 23.1 Å². The van der Waals surface area contributed by atoms with Crippen LogP contribution in [-0.4, -0.2) is 52.9 Å². The van der Waals surface area contributed by atoms with Crippen LogP contribution in [0.3, 0.4) is 0 Å². The largest absolute Gasteiger partial charge is 0.480 e. The number of hydrogen-bond acceptors (Lipinski definition) is 7. The number of nitrogens with zero attached hydrogens (tertiary/aromatic N) is 3. The standard InChI is InChI=1S/C25H26F3N5O3/c26-25(27,28)21(17-6-5-15-3-1-2-4-16(15)11-17)36-20-12-19(31-23(29)32-20)33-9-7-24(8-10-33)13-18(22(34)35)30-14-24/h1-6,11-12,18,21,30H,7-10,13-14H2,(H,34,35)(H2,29,31,32)/t18?,21-/m1/s1. The first-order chi connectivity index (χ1) is 17.1. The molecule has 2 aromatic carbocycles. The van der Waals surface area contributed by atoms with Crippen molar-refractivity contribution in [1.29, 1.82) is 0 Å². The van der Waals surface area contributed by atoms with Crippen molar-refractivity contribution in [2.45, 2.75) is 37.6 Å². The van der Waals surface area contributed by atoms with Crippen molar-refractivity contribution in [3.63, 3.8) is 0 Å². The molecule has 2 atom stereocenters. The van der Waals surface area contributed by atoms with Crippen LogP contribution in [0.1, 0.15) is 30.9 Å². The van der Waals surface area contributed by atoms with Gasteiger partial charge in [0.05, 0.1) is 0 Å². The Hall–Kier alpha value is -3.60. The number of aromatic nitrogens is 2. The molecule has 1 spiro atoms. The normalized spacial score (nSPS) is 20.5. The average molecular weight is 502 g/mol. The van der Waals surface area contributed by atoms with Crippen LogP contribution in [0.2, 0.25) is 0 Å². The summed E-state index contributed by atoms with van der Waals surface area (Å²) < 4.78 is 47.5. The minimum Gasteiger partial charge on any atom is -0.480 e. The minimum absolute atomic E-state index is 0.0402. The van der Waals surface area contributed by atoms with Gasteiger partial charge in [-0.1, -0.05) is 36.4 Å². The molecule has 0 bridgehead atoms. The Bertz CT molecular complexity index is 1280. The number of nitrogens with one attached hydrogen (secondary N) is 1. The van der Waals surface area contributed by atoms with Crippen LogP contribution >= 0.6 is 0 Å². The zero-order valence-corrected chi connectivity index (χ0v) is 19.3. The summed E-state index contributed by atoms with van der Waals surface area (Å²) in [5, 5.41) is 13.8. The molecule has 0 radical (unpaired) electrons. The molecular formula is C25H26F3N5O3. The van der Waals surface area contributed by atoms with Gasteiger partial charge in [0.1, 0.15) is 11.9 Å². The molecule has 4 N–H and O–H groups in total. The number of hydrogen-bond donors (Lipinski definition) is 3. The molecule has 36 heavy (non-hydrogen) atoms. The Morgan fingerprint density at radius 3 is 2.53 bits per heavy atom. The number of anilines is 2. The Morgan fingerprint density at radius 2 is 1.86 bits per heavy atom. The number of fused-ring (bicyclic) bond motifs is 1. The van der Waals surface area contributed by atoms with Crippen LogP contribution in [0.5, 0.6) is 5.88 Å². The number of carbonyl (C=O) groups is 1. The molecule has 11 heteroatoms. The van der Waals surface area contributed by atoms with Crippen molar-refractivity contribution in [3.05, 3.63) is 54.1 Å². The van der Waals surface area contributed by atoms with Gasteiger partial charge < -0.3 is 25.8 Å². The summed E-state index contributed by atoms with van der Waals surface area (Å²) in [6, 6.07) is 12.5. The lowest BCUT2D eigenvalue weighted by molar-refractivity contribution is -0.198. The van der Waals surface area contributed by atoms with E-state index >= 15 is 0 Å². The maximum absolute atomic E-state index is 14.0. The van der Waals surface area contributed by atoms with E-state index in [0.717, 1.165) is 18.2 Å². The molecule has 2 fully saturated rings. The van der Waals surface area contributed by atoms with E-state index < -0.39 is 24.3 Å². The van der Waals surface area contributed by atoms with Crippen LogP contribution in [-0.2, 0) is 4.79 Å². The topological polar surface area (TPSA) is 114 Å². The van der Waals surface area contributed by atoms with Crippen LogP contribution < -0.4 is 20.7 Å². The zero-order valence-electron chi connectivity index (χ0n) is 19.3. The average Bonchev–Trinajstić information content (AvgIpc) is 3.25. The van der Waals surface area contributed by atoms with E-state index in [1.54, 1.807) is 18.2 Å². The third-order valence-electron chi connectivity index (χ3n) is 7.13. The maximum Gasteiger partial charge on any atom is 0.429 e. The van der Waals surface area contributed by atoms with Crippen LogP contribution in [0.15, 0.2) is 48.5 Å². The Labute approximate surface area is 205 Å². The number of halogens is 3. The monoisotopic (exact) mass is 501 g/mol. The van der Waals surface area contributed by atoms with Crippen molar-refractivity contribution in [2.75, 3.05) is 30.3 Å². The quantitative estimate of drug-likeness (QED) is 0.482. The van der Waals surface area contributed by atoms with Crippen molar-refractivity contribution < 1.29 is 27.8 Å². The summed E-state index contributed by atoms with van der Waals surface area (Å²) in [7, 11) is 0. The molecule has 2 aliphatic heterocycles. The summed E-state index contributed by atoms with van der Waals surface area (Å²) >= 11 is 0. The molecular weight excluding hydrogens is 475 g/mol. The number of alkyl halides is 3. The van der Waals surface area contributed by atoms with Gasteiger partial charge in [-0.05, 0) is 41.5 Å². The van der Waals surface area contributed by atoms with E-state index in [2.05, 4.69) is 15.3 Å². The van der Waals surface area contributed by atoms with Crippen molar-refractivity contribution >= 4 is 28.5 Å². The highest BCUT2D eigenvalue weighted by Gasteiger charge is 2.45. The number of rotatable bonds is 5. The van der Waals surface area contributed by atoms with E-state index in [4.69, 9.17) is 10.5 Å². The van der Waals surface area contributed by atoms with Gasteiger partial charge in [-0.2, -0.15) is 23.1 Å². The number of aliphatic carboxylic acids is 1. The summed E-state index contributed by atoms with van der Waals surface area (Å²) in [5.41, 5.74) is 5.69. The smallest absolute Gasteiger partial charge is 0.429 e. The lowest BCUT2D eigenvalue weighted by Crippen LogP contribution is -2.41. The lowest BCUT2D eigenvalue weighted by atomic mass is 9.76. The number of benzene rings is 2. The molecule has 0 saturated carbocycles. The number of carboxylic acid groups (broad SMARTS) is 1. The number of nitrogens with two attached hydrogens (primary N) is 1. The number of piperidine rings is 1. The number of carboxylic acids is 1. The Morgan fingerprint density at radius 1 is 1.14 bits per heavy atom. The van der Waals surface area contributed by atoms with E-state index in [0.29, 0.717) is 37.3 Å². The van der Waals surface area contributed by atoms with Gasteiger partial charge in [-0.3, -0.25) is 4.79 Å². The molecule has 190 valence electrons. The predicted molar refractivity (Wildman–Crippen MR) is 128 cm³/mol. The van der Waals surface area contributed by atoms with Gasteiger partial charge in [0.15, 0.2) is 0 Å². The minimum atomic E-state index is -4.68. The SMILES string of the molecule is Nc1nc(O[C@H](c2ccc3ccccc3c2)C(F)(F)F)cc(N2CCC3(CC2)CNC(C(=O)O)C3)n1. The molecule has 1 aromatic heterocycles. The molecule has 0 amide bonds. The molecule has 5 rings (SSSR count). The third kappa shape index (κ3) is 4.88. The van der Waals surface area contributed by atoms with Crippen molar-refractivity contribution in [1.82, 2.24) is 15.3 Å². The summed E-state index contributed by atoms with van der Waals surface area (Å²) in [4.78, 5) is 21.4. The fourth-order valence-electron chi connectivity index (χ4n) is 5.15. The predicted octanol–water partition coefficient (Wildman–Crippen LogP) is 3.93. The molecule has 3 heterocycles. The van der Waals surface area contributed by atoms with Gasteiger partial charge >= 0.3 is 12.1 Å².